The molecule has 2 aromatic rings. The Kier molecular flexibility index (Phi) is 1.41. The lowest BCUT2D eigenvalue weighted by Crippen LogP contribution is -1.94. The highest BCUT2D eigenvalue weighted by Crippen LogP contribution is 2.21. The van der Waals surface area contributed by atoms with Crippen LogP contribution >= 0.6 is 11.3 Å². The number of carboxylic acid groups (broad SMARTS) is 1. The number of aromatic nitrogens is 2. The van der Waals surface area contributed by atoms with Gasteiger partial charge in [-0.15, -0.1) is 11.3 Å². The Labute approximate surface area is 71.9 Å². The second kappa shape index (κ2) is 2.31. The van der Waals surface area contributed by atoms with Gasteiger partial charge in [-0.25, -0.2) is 9.78 Å². The van der Waals surface area contributed by atoms with Gasteiger partial charge < -0.3 is 10.1 Å². The molecule has 2 N–H and O–H groups in total. The minimum atomic E-state index is -0.946. The van der Waals surface area contributed by atoms with Gasteiger partial charge in [0.25, 0.3) is 0 Å². The van der Waals surface area contributed by atoms with Crippen molar-refractivity contribution >= 4 is 27.7 Å². The number of fused-ring (bicyclic) bond motifs is 1. The van der Waals surface area contributed by atoms with Gasteiger partial charge in [-0.05, 0) is 13.0 Å². The molecular weight excluding hydrogens is 176 g/mol. The van der Waals surface area contributed by atoms with E-state index in [1.54, 1.807) is 6.07 Å². The van der Waals surface area contributed by atoms with E-state index in [1.807, 2.05) is 6.92 Å². The molecule has 2 rings (SSSR count). The van der Waals surface area contributed by atoms with Crippen molar-refractivity contribution in [2.45, 2.75) is 6.92 Å². The van der Waals surface area contributed by atoms with Crippen molar-refractivity contribution < 1.29 is 9.90 Å². The van der Waals surface area contributed by atoms with Crippen LogP contribution < -0.4 is 0 Å². The molecule has 62 valence electrons. The molecular formula is C7H6N2O2S. The van der Waals surface area contributed by atoms with Gasteiger partial charge in [-0.1, -0.05) is 0 Å². The number of carbonyl (C=O) groups is 1. The standard InChI is InChI=1S/C7H6N2O2S/c1-3-8-4-2-5(7(10)11)9-6(4)12-3/h2,9H,1H3,(H,10,11). The number of carboxylic acids is 1. The van der Waals surface area contributed by atoms with Crippen molar-refractivity contribution in [1.29, 1.82) is 0 Å². The van der Waals surface area contributed by atoms with Crippen molar-refractivity contribution in [3.8, 4) is 0 Å². The lowest BCUT2D eigenvalue weighted by Gasteiger charge is -1.83. The molecule has 0 saturated heterocycles. The number of H-pyrrole nitrogens is 1. The van der Waals surface area contributed by atoms with Crippen LogP contribution in [0.5, 0.6) is 0 Å². The molecule has 2 aromatic heterocycles. The molecule has 0 radical (unpaired) electrons. The fraction of sp³-hybridized carbons (Fsp3) is 0.143. The highest BCUT2D eigenvalue weighted by atomic mass is 32.1. The number of aryl methyl sites for hydroxylation is 1. The Balaban J connectivity index is 2.64. The Morgan fingerprint density at radius 1 is 1.75 bits per heavy atom. The number of aromatic amines is 1. The lowest BCUT2D eigenvalue weighted by atomic mass is 10.4. The Hall–Kier alpha value is -1.36. The highest BCUT2D eigenvalue weighted by Gasteiger charge is 2.09. The average Bonchev–Trinajstić information content (AvgIpc) is 2.42. The summed E-state index contributed by atoms with van der Waals surface area (Å²) in [6, 6.07) is 1.54. The van der Waals surface area contributed by atoms with Crippen LogP contribution in [0.25, 0.3) is 10.3 Å². The van der Waals surface area contributed by atoms with E-state index in [1.165, 1.54) is 11.3 Å². The second-order valence-corrected chi connectivity index (χ2v) is 3.64. The van der Waals surface area contributed by atoms with Gasteiger partial charge in [0.2, 0.25) is 0 Å². The molecule has 0 amide bonds. The average molecular weight is 182 g/mol. The quantitative estimate of drug-likeness (QED) is 0.704. The monoisotopic (exact) mass is 182 g/mol. The van der Waals surface area contributed by atoms with E-state index in [9.17, 15) is 4.79 Å². The van der Waals surface area contributed by atoms with Crippen LogP contribution in [0.2, 0.25) is 0 Å². The summed E-state index contributed by atoms with van der Waals surface area (Å²) in [5.74, 6) is -0.946. The van der Waals surface area contributed by atoms with E-state index < -0.39 is 5.97 Å². The third kappa shape index (κ3) is 0.984. The van der Waals surface area contributed by atoms with Gasteiger partial charge in [0, 0.05) is 0 Å². The molecule has 0 fully saturated rings. The molecule has 0 atom stereocenters. The van der Waals surface area contributed by atoms with Crippen LogP contribution in [0.15, 0.2) is 6.07 Å². The minimum absolute atomic E-state index is 0.198. The van der Waals surface area contributed by atoms with Crippen LogP contribution in [-0.4, -0.2) is 21.0 Å². The molecule has 0 saturated carbocycles. The van der Waals surface area contributed by atoms with E-state index in [0.29, 0.717) is 0 Å². The van der Waals surface area contributed by atoms with Crippen molar-refractivity contribution in [3.63, 3.8) is 0 Å². The number of nitrogens with zero attached hydrogens (tertiary/aromatic N) is 1. The Morgan fingerprint density at radius 2 is 2.50 bits per heavy atom. The topological polar surface area (TPSA) is 66.0 Å². The minimum Gasteiger partial charge on any atom is -0.477 e. The van der Waals surface area contributed by atoms with Crippen LogP contribution in [0.1, 0.15) is 15.5 Å². The van der Waals surface area contributed by atoms with Gasteiger partial charge in [-0.3, -0.25) is 0 Å². The molecule has 2 heterocycles. The first-order valence-corrected chi connectivity index (χ1v) is 4.18. The van der Waals surface area contributed by atoms with E-state index in [-0.39, 0.29) is 5.69 Å². The van der Waals surface area contributed by atoms with Gasteiger partial charge in [0.1, 0.15) is 16.0 Å². The molecule has 0 spiro atoms. The summed E-state index contributed by atoms with van der Waals surface area (Å²) in [5, 5.41) is 9.56. The maximum absolute atomic E-state index is 10.5. The van der Waals surface area contributed by atoms with Crippen LogP contribution in [0.3, 0.4) is 0 Å². The summed E-state index contributed by atoms with van der Waals surface area (Å²) >= 11 is 1.46. The summed E-state index contributed by atoms with van der Waals surface area (Å²) in [6.07, 6.45) is 0. The second-order valence-electron chi connectivity index (χ2n) is 2.44. The molecule has 0 aliphatic heterocycles. The predicted molar refractivity (Wildman–Crippen MR) is 45.7 cm³/mol. The Morgan fingerprint density at radius 3 is 3.08 bits per heavy atom. The van der Waals surface area contributed by atoms with Crippen LogP contribution in [-0.2, 0) is 0 Å². The van der Waals surface area contributed by atoms with Gasteiger partial charge >= 0.3 is 5.97 Å². The molecule has 5 heteroatoms. The molecule has 12 heavy (non-hydrogen) atoms. The fourth-order valence-corrected chi connectivity index (χ4v) is 1.85. The highest BCUT2D eigenvalue weighted by molar-refractivity contribution is 7.18. The van der Waals surface area contributed by atoms with Crippen molar-refractivity contribution in [2.24, 2.45) is 0 Å². The van der Waals surface area contributed by atoms with E-state index in [4.69, 9.17) is 5.11 Å². The zero-order valence-corrected chi connectivity index (χ0v) is 7.10. The maximum Gasteiger partial charge on any atom is 0.352 e. The summed E-state index contributed by atoms with van der Waals surface area (Å²) in [7, 11) is 0. The number of hydrogen-bond donors (Lipinski definition) is 2. The SMILES string of the molecule is Cc1nc2cc(C(=O)O)[nH]c2s1. The van der Waals surface area contributed by atoms with Crippen LogP contribution in [0.4, 0.5) is 0 Å². The van der Waals surface area contributed by atoms with Gasteiger partial charge in [0.05, 0.1) is 5.01 Å². The zero-order valence-electron chi connectivity index (χ0n) is 6.29. The zero-order chi connectivity index (χ0) is 8.72. The largest absolute Gasteiger partial charge is 0.477 e. The first-order valence-electron chi connectivity index (χ1n) is 3.36. The third-order valence-electron chi connectivity index (χ3n) is 1.52. The van der Waals surface area contributed by atoms with Crippen LogP contribution in [0, 0.1) is 6.92 Å². The third-order valence-corrected chi connectivity index (χ3v) is 2.42. The number of nitrogens with one attached hydrogen (secondary N) is 1. The smallest absolute Gasteiger partial charge is 0.352 e. The maximum atomic E-state index is 10.5. The Bertz CT molecular complexity index is 412. The van der Waals surface area contributed by atoms with E-state index in [2.05, 4.69) is 9.97 Å². The predicted octanol–water partition coefficient (Wildman–Crippen LogP) is 1.63. The lowest BCUT2D eigenvalue weighted by molar-refractivity contribution is 0.0691. The van der Waals surface area contributed by atoms with Gasteiger partial charge in [0.15, 0.2) is 0 Å². The molecule has 0 aromatic carbocycles. The van der Waals surface area contributed by atoms with Crippen molar-refractivity contribution in [1.82, 2.24) is 9.97 Å². The van der Waals surface area contributed by atoms with Crippen molar-refractivity contribution in [3.05, 3.63) is 16.8 Å². The first kappa shape index (κ1) is 7.30. The van der Waals surface area contributed by atoms with E-state index >= 15 is 0 Å². The molecule has 4 nitrogen and oxygen atoms in total. The summed E-state index contributed by atoms with van der Waals surface area (Å²) in [6.45, 7) is 1.89. The first-order chi connectivity index (χ1) is 5.66. The van der Waals surface area contributed by atoms with Gasteiger partial charge in [-0.2, -0.15) is 0 Å². The number of rotatable bonds is 1. The molecule has 0 unspecified atom stereocenters. The fourth-order valence-electron chi connectivity index (χ4n) is 1.04. The number of aromatic carboxylic acids is 1. The molecule has 0 aliphatic carbocycles. The number of thiazole rings is 1. The van der Waals surface area contributed by atoms with Crippen molar-refractivity contribution in [2.75, 3.05) is 0 Å². The number of hydrogen-bond acceptors (Lipinski definition) is 3. The summed E-state index contributed by atoms with van der Waals surface area (Å²) < 4.78 is 0. The summed E-state index contributed by atoms with van der Waals surface area (Å²) in [5.41, 5.74) is 0.929. The molecule has 0 bridgehead atoms. The molecule has 0 aliphatic rings. The van der Waals surface area contributed by atoms with E-state index in [0.717, 1.165) is 15.4 Å². The normalized spacial score (nSPS) is 10.8. The summed E-state index contributed by atoms with van der Waals surface area (Å²) in [4.78, 5) is 18.2.